The normalized spacial score (nSPS) is 16.3. The molecule has 1 unspecified atom stereocenters. The van der Waals surface area contributed by atoms with Gasteiger partial charge in [0.15, 0.2) is 0 Å². The summed E-state index contributed by atoms with van der Waals surface area (Å²) in [6.45, 7) is 0. The van der Waals surface area contributed by atoms with Gasteiger partial charge in [0.2, 0.25) is 0 Å². The Bertz CT molecular complexity index is 2610. The summed E-state index contributed by atoms with van der Waals surface area (Å²) >= 11 is 1.89. The zero-order chi connectivity index (χ0) is 30.0. The molecule has 8 aromatic carbocycles. The molecule has 11 rings (SSSR count). The van der Waals surface area contributed by atoms with Crippen molar-refractivity contribution >= 4 is 33.3 Å². The molecule has 46 heavy (non-hydrogen) atoms. The number of fused-ring (bicyclic) bond motifs is 14. The molecule has 3 aliphatic rings. The minimum Gasteiger partial charge on any atom is -0.0888 e. The third-order valence-electron chi connectivity index (χ3n) is 10.7. The second-order valence-electron chi connectivity index (χ2n) is 12.8. The molecule has 1 spiro atoms. The van der Waals surface area contributed by atoms with E-state index < -0.39 is 0 Å². The summed E-state index contributed by atoms with van der Waals surface area (Å²) in [5, 5.41) is 5.30. The maximum Gasteiger partial charge on any atom is 0.0731 e. The molecular formula is C45H26S. The molecule has 0 fully saturated rings. The summed E-state index contributed by atoms with van der Waals surface area (Å²) in [6, 6.07) is 59.5. The zero-order valence-corrected chi connectivity index (χ0v) is 25.7. The van der Waals surface area contributed by atoms with Crippen molar-refractivity contribution in [3.05, 3.63) is 180 Å². The van der Waals surface area contributed by atoms with Gasteiger partial charge in [-0.3, -0.25) is 0 Å². The molecule has 1 heteroatoms. The van der Waals surface area contributed by atoms with E-state index in [0.717, 1.165) is 0 Å². The zero-order valence-electron chi connectivity index (χ0n) is 24.9. The molecule has 2 aliphatic carbocycles. The largest absolute Gasteiger partial charge is 0.0888 e. The molecule has 212 valence electrons. The molecule has 0 saturated heterocycles. The third kappa shape index (κ3) is 3.02. The van der Waals surface area contributed by atoms with Crippen LogP contribution in [0.4, 0.5) is 0 Å². The molecule has 0 nitrogen and oxygen atoms in total. The highest BCUT2D eigenvalue weighted by molar-refractivity contribution is 7.99. The molecule has 1 atom stereocenters. The van der Waals surface area contributed by atoms with Crippen molar-refractivity contribution in [3.63, 3.8) is 0 Å². The van der Waals surface area contributed by atoms with E-state index in [1.165, 1.54) is 98.1 Å². The first-order chi connectivity index (χ1) is 22.8. The van der Waals surface area contributed by atoms with Crippen molar-refractivity contribution < 1.29 is 0 Å². The van der Waals surface area contributed by atoms with E-state index in [4.69, 9.17) is 0 Å². The summed E-state index contributed by atoms with van der Waals surface area (Å²) in [7, 11) is 0. The Morgan fingerprint density at radius 3 is 1.87 bits per heavy atom. The summed E-state index contributed by atoms with van der Waals surface area (Å²) in [6.07, 6.45) is 0. The summed E-state index contributed by atoms with van der Waals surface area (Å²) < 4.78 is 0. The van der Waals surface area contributed by atoms with E-state index in [2.05, 4.69) is 158 Å². The van der Waals surface area contributed by atoms with E-state index in [1.807, 2.05) is 11.8 Å². The van der Waals surface area contributed by atoms with Crippen LogP contribution in [-0.2, 0) is 5.41 Å². The van der Waals surface area contributed by atoms with E-state index in [0.29, 0.717) is 0 Å². The van der Waals surface area contributed by atoms with Crippen molar-refractivity contribution in [1.29, 1.82) is 0 Å². The van der Waals surface area contributed by atoms with Crippen LogP contribution in [-0.4, -0.2) is 0 Å². The van der Waals surface area contributed by atoms with E-state index in [9.17, 15) is 0 Å². The topological polar surface area (TPSA) is 0 Å². The van der Waals surface area contributed by atoms with Crippen LogP contribution >= 0.6 is 11.8 Å². The van der Waals surface area contributed by atoms with Crippen molar-refractivity contribution in [3.8, 4) is 44.5 Å². The number of rotatable bonds is 1. The lowest BCUT2D eigenvalue weighted by molar-refractivity contribution is 0.801. The minimum absolute atomic E-state index is 0.386. The Hall–Kier alpha value is -5.37. The Balaban J connectivity index is 1.20. The second kappa shape index (κ2) is 8.88. The predicted molar refractivity (Wildman–Crippen MR) is 193 cm³/mol. The van der Waals surface area contributed by atoms with Gasteiger partial charge >= 0.3 is 0 Å². The Kier molecular flexibility index (Phi) is 4.80. The molecule has 0 N–H and O–H groups in total. The van der Waals surface area contributed by atoms with Gasteiger partial charge in [-0.05, 0) is 107 Å². The van der Waals surface area contributed by atoms with E-state index >= 15 is 0 Å². The van der Waals surface area contributed by atoms with Crippen molar-refractivity contribution in [2.24, 2.45) is 0 Å². The first-order valence-corrected chi connectivity index (χ1v) is 16.8. The smallest absolute Gasteiger partial charge is 0.0731 e. The number of hydrogen-bond donors (Lipinski definition) is 0. The fourth-order valence-corrected chi connectivity index (χ4v) is 9.97. The van der Waals surface area contributed by atoms with Crippen LogP contribution in [0.25, 0.3) is 66.1 Å². The van der Waals surface area contributed by atoms with Crippen molar-refractivity contribution in [2.75, 3.05) is 0 Å². The summed E-state index contributed by atoms with van der Waals surface area (Å²) in [5.74, 6) is 0. The standard InChI is InChI=1S/C45H26S/c1-2-12-31-27(9-1)19-23-36-33-14-4-6-17-39(33)45(44(31)36)38-16-5-3-13-32(38)34-22-20-30(26-40(34)45)29-21-24-41-37(25-29)35-15-7-10-28-11-8-18-42(46-41)43(28)35/h1-26H. The average Bonchev–Trinajstić information content (AvgIpc) is 3.59. The maximum atomic E-state index is 2.51. The van der Waals surface area contributed by atoms with Crippen LogP contribution in [0.15, 0.2) is 168 Å². The summed E-state index contributed by atoms with van der Waals surface area (Å²) in [4.78, 5) is 2.67. The molecule has 1 heterocycles. The maximum absolute atomic E-state index is 2.51. The monoisotopic (exact) mass is 598 g/mol. The second-order valence-corrected chi connectivity index (χ2v) is 13.9. The quantitative estimate of drug-likeness (QED) is 0.181. The van der Waals surface area contributed by atoms with Gasteiger partial charge in [-0.1, -0.05) is 145 Å². The lowest BCUT2D eigenvalue weighted by Gasteiger charge is -2.31. The Labute approximate surface area is 272 Å². The van der Waals surface area contributed by atoms with Crippen molar-refractivity contribution in [2.45, 2.75) is 15.2 Å². The van der Waals surface area contributed by atoms with E-state index in [1.54, 1.807) is 0 Å². The highest BCUT2D eigenvalue weighted by atomic mass is 32.2. The first-order valence-electron chi connectivity index (χ1n) is 16.0. The molecule has 1 aliphatic heterocycles. The lowest BCUT2D eigenvalue weighted by atomic mass is 9.69. The highest BCUT2D eigenvalue weighted by Crippen LogP contribution is 2.64. The van der Waals surface area contributed by atoms with Gasteiger partial charge in [0, 0.05) is 15.2 Å². The van der Waals surface area contributed by atoms with Crippen LogP contribution in [0.5, 0.6) is 0 Å². The van der Waals surface area contributed by atoms with Crippen molar-refractivity contribution in [1.82, 2.24) is 0 Å². The number of hydrogen-bond acceptors (Lipinski definition) is 1. The molecule has 0 bridgehead atoms. The lowest BCUT2D eigenvalue weighted by Crippen LogP contribution is -2.26. The van der Waals surface area contributed by atoms with Crippen LogP contribution in [0.1, 0.15) is 22.3 Å². The third-order valence-corrected chi connectivity index (χ3v) is 11.8. The SMILES string of the molecule is c1ccc2c(c1)-c1ccc(-c3ccc4c(c3)-c3cccc5cccc(c35)S4)cc1C21c2ccccc2-c2ccc3ccccc3c21. The molecule has 0 aromatic heterocycles. The Morgan fingerprint density at radius 1 is 0.370 bits per heavy atom. The molecular weight excluding hydrogens is 573 g/mol. The van der Waals surface area contributed by atoms with Gasteiger partial charge in [-0.2, -0.15) is 0 Å². The average molecular weight is 599 g/mol. The molecule has 0 saturated carbocycles. The molecule has 8 aromatic rings. The predicted octanol–water partition coefficient (Wildman–Crippen LogP) is 12.1. The van der Waals surface area contributed by atoms with Gasteiger partial charge in [0.05, 0.1) is 5.41 Å². The highest BCUT2D eigenvalue weighted by Gasteiger charge is 2.52. The fraction of sp³-hybridized carbons (Fsp3) is 0.0222. The van der Waals surface area contributed by atoms with Gasteiger partial charge < -0.3 is 0 Å². The molecule has 0 radical (unpaired) electrons. The van der Waals surface area contributed by atoms with Crippen LogP contribution in [0.2, 0.25) is 0 Å². The fourth-order valence-electron chi connectivity index (χ4n) is 8.84. The minimum atomic E-state index is -0.386. The van der Waals surface area contributed by atoms with Crippen LogP contribution in [0.3, 0.4) is 0 Å². The van der Waals surface area contributed by atoms with Crippen LogP contribution < -0.4 is 0 Å². The van der Waals surface area contributed by atoms with Gasteiger partial charge in [-0.25, -0.2) is 0 Å². The van der Waals surface area contributed by atoms with Gasteiger partial charge in [0.1, 0.15) is 0 Å². The summed E-state index contributed by atoms with van der Waals surface area (Å²) in [5.41, 5.74) is 15.7. The molecule has 0 amide bonds. The van der Waals surface area contributed by atoms with E-state index in [-0.39, 0.29) is 5.41 Å². The Morgan fingerprint density at radius 2 is 1.00 bits per heavy atom. The van der Waals surface area contributed by atoms with Crippen LogP contribution in [0, 0.1) is 0 Å². The van der Waals surface area contributed by atoms with Gasteiger partial charge in [-0.15, -0.1) is 0 Å². The number of benzene rings is 8. The first kappa shape index (κ1) is 24.9. The van der Waals surface area contributed by atoms with Gasteiger partial charge in [0.25, 0.3) is 0 Å².